The standard InChI is InChI=1S/C7H8F6O2/c1-2-15-5(14)4(8)3-6(9,10)7(11,12)13/h4H,2-3H2,1H3. The number of halogens is 6. The monoisotopic (exact) mass is 238 g/mol. The van der Waals surface area contributed by atoms with Crippen LogP contribution in [0.1, 0.15) is 13.3 Å². The molecule has 0 fully saturated rings. The number of esters is 1. The van der Waals surface area contributed by atoms with Gasteiger partial charge in [-0.15, -0.1) is 0 Å². The Morgan fingerprint density at radius 2 is 1.73 bits per heavy atom. The molecule has 1 unspecified atom stereocenters. The first-order valence-electron chi connectivity index (χ1n) is 3.87. The lowest BCUT2D eigenvalue weighted by Crippen LogP contribution is -2.40. The van der Waals surface area contributed by atoms with E-state index in [0.29, 0.717) is 0 Å². The quantitative estimate of drug-likeness (QED) is 0.555. The van der Waals surface area contributed by atoms with Crippen molar-refractivity contribution in [1.82, 2.24) is 0 Å². The zero-order chi connectivity index (χ0) is 12.3. The minimum absolute atomic E-state index is 0.295. The Hall–Kier alpha value is -0.950. The minimum atomic E-state index is -5.87. The molecule has 0 bridgehead atoms. The summed E-state index contributed by atoms with van der Waals surface area (Å²) in [6.45, 7) is 0.976. The van der Waals surface area contributed by atoms with Gasteiger partial charge in [0.25, 0.3) is 0 Å². The molecule has 1 atom stereocenters. The Bertz CT molecular complexity index is 224. The van der Waals surface area contributed by atoms with Gasteiger partial charge in [-0.25, -0.2) is 9.18 Å². The van der Waals surface area contributed by atoms with Crippen molar-refractivity contribution in [2.45, 2.75) is 31.6 Å². The molecule has 0 rings (SSSR count). The maximum atomic E-state index is 12.6. The number of carbonyl (C=O) groups is 1. The average Bonchev–Trinajstić information content (AvgIpc) is 2.01. The zero-order valence-corrected chi connectivity index (χ0v) is 7.58. The predicted molar refractivity (Wildman–Crippen MR) is 37.1 cm³/mol. The first-order valence-corrected chi connectivity index (χ1v) is 3.87. The minimum Gasteiger partial charge on any atom is -0.464 e. The summed E-state index contributed by atoms with van der Waals surface area (Å²) in [6.07, 6.45) is -11.1. The first kappa shape index (κ1) is 14.0. The van der Waals surface area contributed by atoms with Crippen LogP contribution in [0.4, 0.5) is 26.3 Å². The molecule has 0 N–H and O–H groups in total. The van der Waals surface area contributed by atoms with Crippen LogP contribution in [0.15, 0.2) is 0 Å². The van der Waals surface area contributed by atoms with E-state index in [4.69, 9.17) is 0 Å². The van der Waals surface area contributed by atoms with Gasteiger partial charge < -0.3 is 4.74 Å². The van der Waals surface area contributed by atoms with Crippen molar-refractivity contribution in [2.75, 3.05) is 6.61 Å². The number of ether oxygens (including phenoxy) is 1. The van der Waals surface area contributed by atoms with Gasteiger partial charge in [0.05, 0.1) is 13.0 Å². The van der Waals surface area contributed by atoms with E-state index in [-0.39, 0.29) is 6.61 Å². The molecule has 15 heavy (non-hydrogen) atoms. The number of carbonyl (C=O) groups excluding carboxylic acids is 1. The summed E-state index contributed by atoms with van der Waals surface area (Å²) < 4.78 is 75.6. The molecule has 0 amide bonds. The molecule has 0 aliphatic heterocycles. The highest BCUT2D eigenvalue weighted by Gasteiger charge is 2.59. The summed E-state index contributed by atoms with van der Waals surface area (Å²) in [6, 6.07) is 0. The summed E-state index contributed by atoms with van der Waals surface area (Å²) in [5.41, 5.74) is 0. The topological polar surface area (TPSA) is 26.3 Å². The van der Waals surface area contributed by atoms with Gasteiger partial charge in [0.15, 0.2) is 0 Å². The van der Waals surface area contributed by atoms with Crippen LogP contribution in [0, 0.1) is 0 Å². The highest BCUT2D eigenvalue weighted by atomic mass is 19.4. The lowest BCUT2D eigenvalue weighted by molar-refractivity contribution is -0.287. The summed E-state index contributed by atoms with van der Waals surface area (Å²) >= 11 is 0. The summed E-state index contributed by atoms with van der Waals surface area (Å²) in [5, 5.41) is 0. The fourth-order valence-corrected chi connectivity index (χ4v) is 0.657. The molecule has 90 valence electrons. The zero-order valence-electron chi connectivity index (χ0n) is 7.58. The summed E-state index contributed by atoms with van der Waals surface area (Å²) in [7, 11) is 0. The van der Waals surface area contributed by atoms with Crippen LogP contribution in [0.25, 0.3) is 0 Å². The van der Waals surface area contributed by atoms with Gasteiger partial charge in [-0.05, 0) is 6.92 Å². The van der Waals surface area contributed by atoms with Crippen molar-refractivity contribution < 1.29 is 35.9 Å². The Morgan fingerprint density at radius 3 is 2.07 bits per heavy atom. The van der Waals surface area contributed by atoms with Crippen molar-refractivity contribution in [3.05, 3.63) is 0 Å². The first-order chi connectivity index (χ1) is 6.62. The predicted octanol–water partition coefficient (Wildman–Crippen LogP) is 2.48. The molecule has 8 heteroatoms. The van der Waals surface area contributed by atoms with Crippen LogP contribution in [-0.4, -0.2) is 30.8 Å². The Morgan fingerprint density at radius 1 is 1.27 bits per heavy atom. The lowest BCUT2D eigenvalue weighted by atomic mass is 10.1. The van der Waals surface area contributed by atoms with Gasteiger partial charge in [-0.3, -0.25) is 0 Å². The normalized spacial score (nSPS) is 14.9. The number of rotatable bonds is 4. The van der Waals surface area contributed by atoms with Gasteiger partial charge in [-0.2, -0.15) is 22.0 Å². The number of hydrogen-bond acceptors (Lipinski definition) is 2. The van der Waals surface area contributed by atoms with Crippen LogP contribution < -0.4 is 0 Å². The summed E-state index contributed by atoms with van der Waals surface area (Å²) in [5.74, 6) is -6.96. The second-order valence-corrected chi connectivity index (χ2v) is 2.63. The Labute approximate surface area is 81.2 Å². The van der Waals surface area contributed by atoms with Gasteiger partial charge in [0, 0.05) is 0 Å². The highest BCUT2D eigenvalue weighted by Crippen LogP contribution is 2.39. The maximum absolute atomic E-state index is 12.6. The van der Waals surface area contributed by atoms with Crippen molar-refractivity contribution in [2.24, 2.45) is 0 Å². The maximum Gasteiger partial charge on any atom is 0.453 e. The fourth-order valence-electron chi connectivity index (χ4n) is 0.657. The highest BCUT2D eigenvalue weighted by molar-refractivity contribution is 5.74. The van der Waals surface area contributed by atoms with Gasteiger partial charge >= 0.3 is 18.1 Å². The third-order valence-electron chi connectivity index (χ3n) is 1.39. The summed E-state index contributed by atoms with van der Waals surface area (Å²) in [4.78, 5) is 10.4. The van der Waals surface area contributed by atoms with Crippen molar-refractivity contribution >= 4 is 5.97 Å². The third-order valence-corrected chi connectivity index (χ3v) is 1.39. The molecule has 0 saturated heterocycles. The Balaban J connectivity index is 4.40. The second-order valence-electron chi connectivity index (χ2n) is 2.63. The largest absolute Gasteiger partial charge is 0.464 e. The van der Waals surface area contributed by atoms with E-state index in [9.17, 15) is 31.1 Å². The number of hydrogen-bond donors (Lipinski definition) is 0. The average molecular weight is 238 g/mol. The smallest absolute Gasteiger partial charge is 0.453 e. The van der Waals surface area contributed by atoms with Crippen molar-refractivity contribution in [1.29, 1.82) is 0 Å². The van der Waals surface area contributed by atoms with E-state index in [0.717, 1.165) is 0 Å². The fraction of sp³-hybridized carbons (Fsp3) is 0.857. The van der Waals surface area contributed by atoms with Crippen molar-refractivity contribution in [3.8, 4) is 0 Å². The molecule has 0 heterocycles. The number of alkyl halides is 6. The van der Waals surface area contributed by atoms with E-state index in [1.54, 1.807) is 0 Å². The van der Waals surface area contributed by atoms with E-state index in [2.05, 4.69) is 4.74 Å². The molecular weight excluding hydrogens is 230 g/mol. The second kappa shape index (κ2) is 4.71. The van der Waals surface area contributed by atoms with E-state index in [1.165, 1.54) is 6.92 Å². The van der Waals surface area contributed by atoms with Gasteiger partial charge in [0.2, 0.25) is 6.17 Å². The van der Waals surface area contributed by atoms with E-state index >= 15 is 0 Å². The van der Waals surface area contributed by atoms with E-state index < -0.39 is 30.7 Å². The van der Waals surface area contributed by atoms with Crippen LogP contribution in [-0.2, 0) is 9.53 Å². The van der Waals surface area contributed by atoms with Gasteiger partial charge in [-0.1, -0.05) is 0 Å². The molecule has 0 spiro atoms. The lowest BCUT2D eigenvalue weighted by Gasteiger charge is -2.20. The van der Waals surface area contributed by atoms with Gasteiger partial charge in [0.1, 0.15) is 0 Å². The SMILES string of the molecule is CCOC(=O)C(F)CC(F)(F)C(F)(F)F. The van der Waals surface area contributed by atoms with Crippen LogP contribution >= 0.6 is 0 Å². The molecule has 0 saturated carbocycles. The van der Waals surface area contributed by atoms with Crippen molar-refractivity contribution in [3.63, 3.8) is 0 Å². The molecule has 0 aliphatic carbocycles. The Kier molecular flexibility index (Phi) is 4.42. The molecular formula is C7H8F6O2. The third kappa shape index (κ3) is 3.96. The molecule has 0 aromatic rings. The molecule has 0 aliphatic rings. The van der Waals surface area contributed by atoms with Crippen LogP contribution in [0.3, 0.4) is 0 Å². The van der Waals surface area contributed by atoms with E-state index in [1.807, 2.05) is 0 Å². The molecule has 0 radical (unpaired) electrons. The van der Waals surface area contributed by atoms with Crippen LogP contribution in [0.5, 0.6) is 0 Å². The molecule has 0 aromatic heterocycles. The molecule has 0 aromatic carbocycles. The molecule has 2 nitrogen and oxygen atoms in total. The van der Waals surface area contributed by atoms with Crippen LogP contribution in [0.2, 0.25) is 0 Å².